The van der Waals surface area contributed by atoms with Crippen molar-refractivity contribution in [1.82, 2.24) is 10.2 Å². The SMILES string of the molecule is O=C(NC1(Cc2ccc(F)cc2)C(=O)N=C2C=CC=CN21)c1ccccc1. The van der Waals surface area contributed by atoms with E-state index < -0.39 is 11.6 Å². The molecule has 5 nitrogen and oxygen atoms in total. The number of allylic oxidation sites excluding steroid dienone is 2. The van der Waals surface area contributed by atoms with Crippen molar-refractivity contribution in [2.75, 3.05) is 0 Å². The number of benzene rings is 2. The third-order valence-corrected chi connectivity index (χ3v) is 4.55. The summed E-state index contributed by atoms with van der Waals surface area (Å²) < 4.78 is 13.3. The number of rotatable bonds is 4. The Morgan fingerprint density at radius 1 is 1.07 bits per heavy atom. The van der Waals surface area contributed by atoms with Gasteiger partial charge in [-0.15, -0.1) is 0 Å². The fourth-order valence-electron chi connectivity index (χ4n) is 3.21. The van der Waals surface area contributed by atoms with Crippen LogP contribution in [0.3, 0.4) is 0 Å². The van der Waals surface area contributed by atoms with Gasteiger partial charge < -0.3 is 10.2 Å². The molecule has 0 aliphatic carbocycles. The quantitative estimate of drug-likeness (QED) is 0.911. The predicted octanol–water partition coefficient (Wildman–Crippen LogP) is 2.82. The van der Waals surface area contributed by atoms with Gasteiger partial charge in [0.05, 0.1) is 0 Å². The summed E-state index contributed by atoms with van der Waals surface area (Å²) in [6.07, 6.45) is 7.11. The molecule has 2 aromatic rings. The van der Waals surface area contributed by atoms with Crippen molar-refractivity contribution in [1.29, 1.82) is 0 Å². The van der Waals surface area contributed by atoms with Crippen molar-refractivity contribution >= 4 is 17.6 Å². The van der Waals surface area contributed by atoms with Crippen LogP contribution in [0.25, 0.3) is 0 Å². The van der Waals surface area contributed by atoms with Crippen LogP contribution in [0.5, 0.6) is 0 Å². The summed E-state index contributed by atoms with van der Waals surface area (Å²) in [5.41, 5.74) is -0.257. The average molecular weight is 361 g/mol. The number of carbonyl (C=O) groups is 2. The molecule has 2 heterocycles. The van der Waals surface area contributed by atoms with Crippen LogP contribution in [0, 0.1) is 5.82 Å². The second-order valence-corrected chi connectivity index (χ2v) is 6.33. The van der Waals surface area contributed by atoms with Gasteiger partial charge in [0.1, 0.15) is 11.7 Å². The van der Waals surface area contributed by atoms with Crippen LogP contribution in [-0.4, -0.2) is 28.2 Å². The van der Waals surface area contributed by atoms with Gasteiger partial charge in [0.25, 0.3) is 11.8 Å². The van der Waals surface area contributed by atoms with Gasteiger partial charge in [-0.2, -0.15) is 4.99 Å². The highest BCUT2D eigenvalue weighted by atomic mass is 19.1. The standard InChI is InChI=1S/C21H16FN3O2/c22-17-11-9-15(10-12-17)14-21(24-19(26)16-6-2-1-3-7-16)20(27)23-18-8-4-5-13-25(18)21/h1-13H,14H2,(H,24,26). The summed E-state index contributed by atoms with van der Waals surface area (Å²) in [4.78, 5) is 31.5. The van der Waals surface area contributed by atoms with Crippen molar-refractivity contribution in [2.24, 2.45) is 4.99 Å². The van der Waals surface area contributed by atoms with E-state index in [0.717, 1.165) is 0 Å². The van der Waals surface area contributed by atoms with Crippen LogP contribution < -0.4 is 5.32 Å². The lowest BCUT2D eigenvalue weighted by Crippen LogP contribution is -2.63. The van der Waals surface area contributed by atoms with Gasteiger partial charge in [0, 0.05) is 18.2 Å². The van der Waals surface area contributed by atoms with Crippen LogP contribution in [0.4, 0.5) is 4.39 Å². The van der Waals surface area contributed by atoms with Crippen molar-refractivity contribution in [3.8, 4) is 0 Å². The molecule has 0 saturated carbocycles. The fraction of sp³-hybridized carbons (Fsp3) is 0.0952. The number of amides is 2. The molecule has 0 saturated heterocycles. The molecule has 0 aromatic heterocycles. The second kappa shape index (κ2) is 6.64. The van der Waals surface area contributed by atoms with Crippen LogP contribution in [0.1, 0.15) is 15.9 Å². The second-order valence-electron chi connectivity index (χ2n) is 6.33. The normalized spacial score (nSPS) is 20.4. The molecular weight excluding hydrogens is 345 g/mol. The Hall–Kier alpha value is -3.54. The zero-order valence-electron chi connectivity index (χ0n) is 14.3. The molecule has 0 spiro atoms. The molecule has 2 aromatic carbocycles. The molecule has 2 amide bonds. The first-order valence-electron chi connectivity index (χ1n) is 8.48. The molecule has 4 rings (SSSR count). The number of carbonyl (C=O) groups excluding carboxylic acids is 2. The Kier molecular flexibility index (Phi) is 4.16. The smallest absolute Gasteiger partial charge is 0.295 e. The molecule has 2 aliphatic rings. The van der Waals surface area contributed by atoms with Gasteiger partial charge in [0.15, 0.2) is 0 Å². The number of amidine groups is 1. The first-order valence-corrected chi connectivity index (χ1v) is 8.48. The summed E-state index contributed by atoms with van der Waals surface area (Å²) >= 11 is 0. The zero-order chi connectivity index (χ0) is 18.9. The highest BCUT2D eigenvalue weighted by molar-refractivity contribution is 6.13. The molecular formula is C21H16FN3O2. The van der Waals surface area contributed by atoms with E-state index in [1.807, 2.05) is 6.07 Å². The Bertz CT molecular complexity index is 980. The van der Waals surface area contributed by atoms with E-state index in [-0.39, 0.29) is 18.1 Å². The average Bonchev–Trinajstić information content (AvgIpc) is 2.96. The maximum atomic E-state index is 13.3. The van der Waals surface area contributed by atoms with Crippen LogP contribution in [0.2, 0.25) is 0 Å². The number of halogens is 1. The maximum Gasteiger partial charge on any atom is 0.295 e. The summed E-state index contributed by atoms with van der Waals surface area (Å²) in [5, 5.41) is 2.86. The lowest BCUT2D eigenvalue weighted by Gasteiger charge is -2.37. The van der Waals surface area contributed by atoms with Crippen LogP contribution in [0.15, 0.2) is 84.0 Å². The number of fused-ring (bicyclic) bond motifs is 1. The van der Waals surface area contributed by atoms with Crippen molar-refractivity contribution in [3.63, 3.8) is 0 Å². The van der Waals surface area contributed by atoms with Crippen molar-refractivity contribution < 1.29 is 14.0 Å². The molecule has 2 aliphatic heterocycles. The Balaban J connectivity index is 1.72. The molecule has 0 fully saturated rings. The third-order valence-electron chi connectivity index (χ3n) is 4.55. The summed E-state index contributed by atoms with van der Waals surface area (Å²) in [7, 11) is 0. The first-order chi connectivity index (χ1) is 13.1. The highest BCUT2D eigenvalue weighted by Gasteiger charge is 2.50. The minimum absolute atomic E-state index is 0.149. The highest BCUT2D eigenvalue weighted by Crippen LogP contribution is 2.29. The van der Waals surface area contributed by atoms with E-state index in [9.17, 15) is 14.0 Å². The van der Waals surface area contributed by atoms with Gasteiger partial charge >= 0.3 is 0 Å². The molecule has 0 bridgehead atoms. The number of hydrogen-bond acceptors (Lipinski definition) is 3. The van der Waals surface area contributed by atoms with Gasteiger partial charge in [-0.1, -0.05) is 36.4 Å². The number of nitrogens with one attached hydrogen (secondary N) is 1. The maximum absolute atomic E-state index is 13.3. The predicted molar refractivity (Wildman–Crippen MR) is 99.3 cm³/mol. The number of hydrogen-bond donors (Lipinski definition) is 1. The van der Waals surface area contributed by atoms with E-state index in [0.29, 0.717) is 17.0 Å². The van der Waals surface area contributed by atoms with E-state index in [4.69, 9.17) is 0 Å². The van der Waals surface area contributed by atoms with E-state index >= 15 is 0 Å². The molecule has 1 atom stereocenters. The minimum Gasteiger partial charge on any atom is -0.321 e. The first kappa shape index (κ1) is 16.9. The van der Waals surface area contributed by atoms with Crippen LogP contribution in [-0.2, 0) is 11.2 Å². The molecule has 6 heteroatoms. The molecule has 134 valence electrons. The fourth-order valence-corrected chi connectivity index (χ4v) is 3.21. The van der Waals surface area contributed by atoms with Gasteiger partial charge in [-0.05, 0) is 42.0 Å². The Morgan fingerprint density at radius 3 is 2.56 bits per heavy atom. The minimum atomic E-state index is -1.40. The summed E-state index contributed by atoms with van der Waals surface area (Å²) in [5.74, 6) is -0.762. The van der Waals surface area contributed by atoms with Gasteiger partial charge in [-0.25, -0.2) is 4.39 Å². The lowest BCUT2D eigenvalue weighted by molar-refractivity contribution is -0.126. The largest absolute Gasteiger partial charge is 0.321 e. The Morgan fingerprint density at radius 2 is 1.81 bits per heavy atom. The molecule has 0 radical (unpaired) electrons. The third kappa shape index (κ3) is 3.06. The number of nitrogens with zero attached hydrogens (tertiary/aromatic N) is 2. The molecule has 1 unspecified atom stereocenters. The van der Waals surface area contributed by atoms with Crippen molar-refractivity contribution in [3.05, 3.63) is 96.0 Å². The van der Waals surface area contributed by atoms with Gasteiger partial charge in [0.2, 0.25) is 5.66 Å². The molecule has 1 N–H and O–H groups in total. The summed E-state index contributed by atoms with van der Waals surface area (Å²) in [6, 6.07) is 14.5. The monoisotopic (exact) mass is 361 g/mol. The van der Waals surface area contributed by atoms with E-state index in [2.05, 4.69) is 10.3 Å². The molecule has 27 heavy (non-hydrogen) atoms. The topological polar surface area (TPSA) is 61.8 Å². The number of aliphatic imine (C=N–C) groups is 1. The zero-order valence-corrected chi connectivity index (χ0v) is 14.3. The van der Waals surface area contributed by atoms with E-state index in [1.54, 1.807) is 65.7 Å². The van der Waals surface area contributed by atoms with Crippen molar-refractivity contribution in [2.45, 2.75) is 12.1 Å². The lowest BCUT2D eigenvalue weighted by atomic mass is 9.96. The summed E-state index contributed by atoms with van der Waals surface area (Å²) in [6.45, 7) is 0. The van der Waals surface area contributed by atoms with Gasteiger partial charge in [-0.3, -0.25) is 9.59 Å². The van der Waals surface area contributed by atoms with E-state index in [1.165, 1.54) is 12.1 Å². The Labute approximate surface area is 155 Å². The van der Waals surface area contributed by atoms with Crippen LogP contribution >= 0.6 is 0 Å².